The molecule has 0 unspecified atom stereocenters. The van der Waals surface area contributed by atoms with Crippen LogP contribution in [0.2, 0.25) is 0 Å². The van der Waals surface area contributed by atoms with Gasteiger partial charge in [0.1, 0.15) is 24.3 Å². The maximum absolute atomic E-state index is 14.1. The van der Waals surface area contributed by atoms with Gasteiger partial charge < -0.3 is 20.8 Å². The highest BCUT2D eigenvalue weighted by Crippen LogP contribution is 2.18. The molecule has 16 nitrogen and oxygen atoms in total. The minimum absolute atomic E-state index is 0.0188. The van der Waals surface area contributed by atoms with E-state index in [-0.39, 0.29) is 25.9 Å². The summed E-state index contributed by atoms with van der Waals surface area (Å²) < 4.78 is 61.0. The maximum atomic E-state index is 14.1. The zero-order chi connectivity index (χ0) is 44.0. The van der Waals surface area contributed by atoms with Crippen molar-refractivity contribution in [2.75, 3.05) is 14.1 Å². The SMILES string of the molecule is CC(C)[C@H](NS(=O)(=O)N(C)Cc1ccccn1)C(=O)N[C@@H](Cc1ccccc1)[C@H](O)[C@H](O)[C@H](Cc1ccccc1)NC(=O)[C@@H](NS(=O)(=O)N(C)Cc1ccccn1)C(C)C. The smallest absolute Gasteiger partial charge is 0.280 e. The van der Waals surface area contributed by atoms with E-state index in [1.54, 1.807) is 137 Å². The highest BCUT2D eigenvalue weighted by Gasteiger charge is 2.39. The molecule has 2 aromatic heterocycles. The molecule has 4 aromatic rings. The molecule has 0 aliphatic carbocycles. The van der Waals surface area contributed by atoms with Crippen LogP contribution in [0.5, 0.6) is 0 Å². The molecule has 326 valence electrons. The number of pyridine rings is 2. The number of rotatable bonds is 23. The zero-order valence-electron chi connectivity index (χ0n) is 34.8. The van der Waals surface area contributed by atoms with Crippen molar-refractivity contribution in [3.05, 3.63) is 132 Å². The zero-order valence-corrected chi connectivity index (χ0v) is 36.4. The minimum Gasteiger partial charge on any atom is -0.388 e. The molecule has 0 saturated carbocycles. The van der Waals surface area contributed by atoms with Gasteiger partial charge in [0.2, 0.25) is 11.8 Å². The Kier molecular flexibility index (Phi) is 17.8. The Morgan fingerprint density at radius 2 is 0.900 bits per heavy atom. The second-order valence-electron chi connectivity index (χ2n) is 15.4. The highest BCUT2D eigenvalue weighted by atomic mass is 32.2. The topological polar surface area (TPSA) is 223 Å². The third kappa shape index (κ3) is 14.2. The van der Waals surface area contributed by atoms with Gasteiger partial charge >= 0.3 is 0 Å². The molecular formula is C42H58N8O8S2. The van der Waals surface area contributed by atoms with Crippen LogP contribution in [-0.2, 0) is 55.9 Å². The molecular weight excluding hydrogens is 809 g/mol. The van der Waals surface area contributed by atoms with E-state index in [9.17, 15) is 36.6 Å². The summed E-state index contributed by atoms with van der Waals surface area (Å²) >= 11 is 0. The van der Waals surface area contributed by atoms with Crippen LogP contribution >= 0.6 is 0 Å². The number of amides is 2. The maximum Gasteiger partial charge on any atom is 0.280 e. The number of aromatic nitrogens is 2. The van der Waals surface area contributed by atoms with Crippen molar-refractivity contribution in [3.63, 3.8) is 0 Å². The number of hydrogen-bond donors (Lipinski definition) is 6. The number of nitrogens with zero attached hydrogens (tertiary/aromatic N) is 4. The van der Waals surface area contributed by atoms with Crippen molar-refractivity contribution < 1.29 is 36.6 Å². The Bertz CT molecular complexity index is 2000. The largest absolute Gasteiger partial charge is 0.388 e. The molecule has 0 aliphatic rings. The monoisotopic (exact) mass is 866 g/mol. The van der Waals surface area contributed by atoms with Crippen molar-refractivity contribution in [2.45, 2.75) is 90.0 Å². The van der Waals surface area contributed by atoms with Crippen LogP contribution in [0, 0.1) is 11.8 Å². The lowest BCUT2D eigenvalue weighted by Gasteiger charge is -2.35. The Morgan fingerprint density at radius 1 is 0.567 bits per heavy atom. The number of nitrogens with one attached hydrogen (secondary N) is 4. The van der Waals surface area contributed by atoms with Gasteiger partial charge in [-0.25, -0.2) is 0 Å². The Balaban J connectivity index is 1.60. The highest BCUT2D eigenvalue weighted by molar-refractivity contribution is 7.87. The molecule has 2 amide bonds. The van der Waals surface area contributed by atoms with Crippen LogP contribution < -0.4 is 20.1 Å². The summed E-state index contributed by atoms with van der Waals surface area (Å²) in [7, 11) is -5.72. The summed E-state index contributed by atoms with van der Waals surface area (Å²) in [6, 6.07) is 23.1. The second-order valence-corrected chi connectivity index (χ2v) is 19.1. The average molecular weight is 867 g/mol. The molecule has 0 fully saturated rings. The van der Waals surface area contributed by atoms with Crippen LogP contribution in [0.15, 0.2) is 109 Å². The van der Waals surface area contributed by atoms with E-state index < -0.39 is 80.4 Å². The normalized spacial score (nSPS) is 15.3. The van der Waals surface area contributed by atoms with Crippen molar-refractivity contribution >= 4 is 32.2 Å². The molecule has 4 rings (SSSR count). The molecule has 0 radical (unpaired) electrons. The van der Waals surface area contributed by atoms with Crippen molar-refractivity contribution in [1.82, 2.24) is 38.7 Å². The van der Waals surface area contributed by atoms with E-state index in [4.69, 9.17) is 0 Å². The molecule has 60 heavy (non-hydrogen) atoms. The van der Waals surface area contributed by atoms with Gasteiger partial charge in [-0.15, -0.1) is 0 Å². The predicted octanol–water partition coefficient (Wildman–Crippen LogP) is 1.94. The first-order chi connectivity index (χ1) is 28.4. The summed E-state index contributed by atoms with van der Waals surface area (Å²) in [6.45, 7) is 6.57. The van der Waals surface area contributed by atoms with Gasteiger partial charge in [-0.2, -0.15) is 34.9 Å². The van der Waals surface area contributed by atoms with E-state index in [1.165, 1.54) is 14.1 Å². The summed E-state index contributed by atoms with van der Waals surface area (Å²) in [5, 5.41) is 29.6. The standard InChI is InChI=1S/C42H58N8O8S2/c1-29(2)37(47-59(55,56)49(5)27-33-21-13-15-23-43-33)41(53)45-35(25-31-17-9-7-10-18-31)39(51)40(52)36(26-32-19-11-8-12-20-32)46-42(54)38(30(3)4)48-60(57,58)50(6)28-34-22-14-16-24-44-34/h7-24,29-30,35-40,47-48,51-52H,25-28H2,1-6H3,(H,45,53)(H,46,54)/t35-,36-,37-,38-,39-,40+/m0/s1. The average Bonchev–Trinajstić information content (AvgIpc) is 3.22. The van der Waals surface area contributed by atoms with Gasteiger partial charge in [0.15, 0.2) is 0 Å². The summed E-state index contributed by atoms with van der Waals surface area (Å²) in [5.41, 5.74) is 2.38. The van der Waals surface area contributed by atoms with Gasteiger partial charge in [-0.3, -0.25) is 19.6 Å². The Labute approximate surface area is 354 Å². The van der Waals surface area contributed by atoms with E-state index in [0.29, 0.717) is 22.5 Å². The fourth-order valence-electron chi connectivity index (χ4n) is 6.37. The molecule has 6 atom stereocenters. The summed E-state index contributed by atoms with van der Waals surface area (Å²) in [4.78, 5) is 36.5. The molecule has 0 aliphatic heterocycles. The van der Waals surface area contributed by atoms with Gasteiger partial charge in [0.25, 0.3) is 20.4 Å². The Morgan fingerprint density at radius 3 is 1.20 bits per heavy atom. The number of aliphatic hydroxyl groups is 2. The van der Waals surface area contributed by atoms with E-state index in [2.05, 4.69) is 30.0 Å². The van der Waals surface area contributed by atoms with E-state index in [0.717, 1.165) is 8.61 Å². The quantitative estimate of drug-likeness (QED) is 0.0636. The number of benzene rings is 2. The van der Waals surface area contributed by atoms with Crippen LogP contribution in [0.1, 0.15) is 50.2 Å². The minimum atomic E-state index is -4.22. The van der Waals surface area contributed by atoms with Gasteiger partial charge in [-0.1, -0.05) is 100 Å². The molecule has 0 spiro atoms. The van der Waals surface area contributed by atoms with Crippen LogP contribution in [-0.4, -0.2) is 108 Å². The summed E-state index contributed by atoms with van der Waals surface area (Å²) in [5.74, 6) is -2.60. The fraction of sp³-hybridized carbons (Fsp3) is 0.429. The first-order valence-electron chi connectivity index (χ1n) is 19.7. The fourth-order valence-corrected chi connectivity index (χ4v) is 8.73. The van der Waals surface area contributed by atoms with Gasteiger partial charge in [0.05, 0.1) is 36.6 Å². The summed E-state index contributed by atoms with van der Waals surface area (Å²) in [6.07, 6.45) is -0.317. The molecule has 0 saturated heterocycles. The van der Waals surface area contributed by atoms with Crippen LogP contribution in [0.3, 0.4) is 0 Å². The third-order valence-corrected chi connectivity index (χ3v) is 12.9. The second kappa shape index (κ2) is 22.3. The van der Waals surface area contributed by atoms with Gasteiger partial charge in [-0.05, 0) is 60.1 Å². The molecule has 2 aromatic carbocycles. The number of carbonyl (C=O) groups is 2. The van der Waals surface area contributed by atoms with E-state index >= 15 is 0 Å². The number of hydrogen-bond acceptors (Lipinski definition) is 10. The van der Waals surface area contributed by atoms with Gasteiger partial charge in [0, 0.05) is 26.5 Å². The first kappa shape index (κ1) is 48.0. The number of aliphatic hydroxyl groups excluding tert-OH is 2. The molecule has 6 N–H and O–H groups in total. The number of carbonyl (C=O) groups excluding carboxylic acids is 2. The van der Waals surface area contributed by atoms with Crippen molar-refractivity contribution in [2.24, 2.45) is 11.8 Å². The van der Waals surface area contributed by atoms with Crippen LogP contribution in [0.25, 0.3) is 0 Å². The first-order valence-corrected chi connectivity index (χ1v) is 22.6. The van der Waals surface area contributed by atoms with Crippen molar-refractivity contribution in [3.8, 4) is 0 Å². The predicted molar refractivity (Wildman–Crippen MR) is 229 cm³/mol. The third-order valence-electron chi connectivity index (χ3n) is 9.92. The van der Waals surface area contributed by atoms with E-state index in [1.807, 2.05) is 0 Å². The van der Waals surface area contributed by atoms with Crippen molar-refractivity contribution in [1.29, 1.82) is 0 Å². The van der Waals surface area contributed by atoms with Crippen LogP contribution in [0.4, 0.5) is 0 Å². The lowest BCUT2D eigenvalue weighted by Crippen LogP contribution is -2.62. The lowest BCUT2D eigenvalue weighted by atomic mass is 9.90. The molecule has 18 heteroatoms. The molecule has 2 heterocycles. The lowest BCUT2D eigenvalue weighted by molar-refractivity contribution is -0.129. The Hall–Kier alpha value is -4.66. The molecule has 0 bridgehead atoms.